The zero-order valence-electron chi connectivity index (χ0n) is 11.9. The number of nitriles is 1. The Morgan fingerprint density at radius 1 is 1.15 bits per heavy atom. The van der Waals surface area contributed by atoms with Crippen molar-refractivity contribution in [3.05, 3.63) is 29.8 Å². The van der Waals surface area contributed by atoms with Crippen LogP contribution in [0.15, 0.2) is 24.3 Å². The normalized spacial score (nSPS) is 9.95. The van der Waals surface area contributed by atoms with Crippen molar-refractivity contribution in [2.24, 2.45) is 0 Å². The second-order valence-electron chi connectivity index (χ2n) is 4.70. The quantitative estimate of drug-likeness (QED) is 0.849. The molecular weight excluding hydrogens is 256 g/mol. The Balaban J connectivity index is 2.46. The second-order valence-corrected chi connectivity index (χ2v) is 4.70. The molecule has 0 heterocycles. The average molecular weight is 274 g/mol. The summed E-state index contributed by atoms with van der Waals surface area (Å²) in [5.74, 6) is -0.262. The van der Waals surface area contributed by atoms with Crippen LogP contribution in [0.25, 0.3) is 0 Å². The van der Waals surface area contributed by atoms with E-state index in [4.69, 9.17) is 5.26 Å². The molecule has 0 aliphatic heterocycles. The van der Waals surface area contributed by atoms with Crippen LogP contribution >= 0.6 is 0 Å². The van der Waals surface area contributed by atoms with Crippen LogP contribution in [0.4, 0.5) is 5.69 Å². The van der Waals surface area contributed by atoms with E-state index in [1.807, 2.05) is 6.07 Å². The van der Waals surface area contributed by atoms with E-state index in [2.05, 4.69) is 5.32 Å². The van der Waals surface area contributed by atoms with Crippen LogP contribution in [0.3, 0.4) is 0 Å². The molecule has 2 amide bonds. The third-order valence-electron chi connectivity index (χ3n) is 2.62. The highest BCUT2D eigenvalue weighted by Gasteiger charge is 2.12. The molecule has 0 radical (unpaired) electrons. The van der Waals surface area contributed by atoms with Gasteiger partial charge in [0.1, 0.15) is 0 Å². The highest BCUT2D eigenvalue weighted by atomic mass is 16.2. The third-order valence-corrected chi connectivity index (χ3v) is 2.62. The van der Waals surface area contributed by atoms with Crippen LogP contribution in [-0.4, -0.2) is 55.8 Å². The van der Waals surface area contributed by atoms with Gasteiger partial charge >= 0.3 is 0 Å². The molecule has 0 unspecified atom stereocenters. The predicted molar refractivity (Wildman–Crippen MR) is 76.0 cm³/mol. The summed E-state index contributed by atoms with van der Waals surface area (Å²) in [6, 6.07) is 8.61. The second kappa shape index (κ2) is 7.26. The van der Waals surface area contributed by atoms with Crippen LogP contribution in [-0.2, 0) is 9.59 Å². The average Bonchev–Trinajstić information content (AvgIpc) is 2.39. The van der Waals surface area contributed by atoms with Gasteiger partial charge in [-0.05, 0) is 31.3 Å². The Labute approximate surface area is 118 Å². The minimum atomic E-state index is -0.205. The first-order valence-electron chi connectivity index (χ1n) is 6.11. The van der Waals surface area contributed by atoms with E-state index in [0.29, 0.717) is 11.3 Å². The number of hydrogen-bond acceptors (Lipinski definition) is 4. The monoisotopic (exact) mass is 274 g/mol. The molecule has 0 aromatic heterocycles. The van der Waals surface area contributed by atoms with E-state index in [1.165, 1.54) is 4.90 Å². The first kappa shape index (κ1) is 15.7. The lowest BCUT2D eigenvalue weighted by Gasteiger charge is -2.18. The molecule has 0 bridgehead atoms. The van der Waals surface area contributed by atoms with Crippen molar-refractivity contribution < 1.29 is 9.59 Å². The lowest BCUT2D eigenvalue weighted by Crippen LogP contribution is -2.38. The highest BCUT2D eigenvalue weighted by Crippen LogP contribution is 2.08. The zero-order chi connectivity index (χ0) is 15.1. The Morgan fingerprint density at radius 3 is 2.25 bits per heavy atom. The van der Waals surface area contributed by atoms with Crippen molar-refractivity contribution >= 4 is 17.5 Å². The van der Waals surface area contributed by atoms with Crippen LogP contribution in [0.1, 0.15) is 5.56 Å². The molecule has 0 aliphatic carbocycles. The maximum atomic E-state index is 11.8. The minimum absolute atomic E-state index is 0.0568. The number of benzene rings is 1. The maximum absolute atomic E-state index is 11.8. The van der Waals surface area contributed by atoms with Gasteiger partial charge in [-0.3, -0.25) is 14.5 Å². The highest BCUT2D eigenvalue weighted by molar-refractivity contribution is 5.92. The van der Waals surface area contributed by atoms with Gasteiger partial charge in [-0.2, -0.15) is 5.26 Å². The van der Waals surface area contributed by atoms with Crippen molar-refractivity contribution in [1.29, 1.82) is 5.26 Å². The summed E-state index contributed by atoms with van der Waals surface area (Å²) in [4.78, 5) is 26.4. The van der Waals surface area contributed by atoms with Gasteiger partial charge in [-0.15, -0.1) is 0 Å². The van der Waals surface area contributed by atoms with E-state index in [9.17, 15) is 9.59 Å². The number of hydrogen-bond donors (Lipinski definition) is 1. The van der Waals surface area contributed by atoms with E-state index >= 15 is 0 Å². The summed E-state index contributed by atoms with van der Waals surface area (Å²) in [7, 11) is 5.06. The molecular formula is C14H18N4O2. The summed E-state index contributed by atoms with van der Waals surface area (Å²) in [6.07, 6.45) is 0. The number of amides is 2. The molecule has 0 saturated heterocycles. The largest absolute Gasteiger partial charge is 0.348 e. The van der Waals surface area contributed by atoms with E-state index in [-0.39, 0.29) is 24.9 Å². The summed E-state index contributed by atoms with van der Waals surface area (Å²) >= 11 is 0. The molecule has 106 valence electrons. The smallest absolute Gasteiger partial charge is 0.238 e. The molecule has 1 N–H and O–H groups in total. The van der Waals surface area contributed by atoms with Crippen molar-refractivity contribution in [3.8, 4) is 6.07 Å². The number of carbonyl (C=O) groups excluding carboxylic acids is 2. The van der Waals surface area contributed by atoms with Gasteiger partial charge < -0.3 is 10.2 Å². The van der Waals surface area contributed by atoms with Crippen molar-refractivity contribution in [2.45, 2.75) is 0 Å². The molecule has 0 fully saturated rings. The van der Waals surface area contributed by atoms with E-state index in [0.717, 1.165) is 0 Å². The lowest BCUT2D eigenvalue weighted by atomic mass is 10.2. The molecule has 1 aromatic rings. The van der Waals surface area contributed by atoms with Gasteiger partial charge in [0.05, 0.1) is 24.7 Å². The standard InChI is InChI=1S/C14H18N4O2/c1-17(2)14(20)10-18(3)9-13(19)16-12-6-4-11(8-15)5-7-12/h4-7H,9-10H2,1-3H3,(H,16,19). The third kappa shape index (κ3) is 5.08. The molecule has 6 nitrogen and oxygen atoms in total. The predicted octanol–water partition coefficient (Wildman–Crippen LogP) is 0.517. The van der Waals surface area contributed by atoms with E-state index < -0.39 is 0 Å². The molecule has 6 heteroatoms. The fourth-order valence-electron chi connectivity index (χ4n) is 1.50. The fourth-order valence-corrected chi connectivity index (χ4v) is 1.50. The van der Waals surface area contributed by atoms with Crippen LogP contribution in [0, 0.1) is 11.3 Å². The van der Waals surface area contributed by atoms with Gasteiger partial charge in [0.15, 0.2) is 0 Å². The summed E-state index contributed by atoms with van der Waals surface area (Å²) in [5, 5.41) is 11.4. The molecule has 1 rings (SSSR count). The summed E-state index contributed by atoms with van der Waals surface area (Å²) < 4.78 is 0. The van der Waals surface area contributed by atoms with Gasteiger partial charge in [0, 0.05) is 19.8 Å². The molecule has 1 aromatic carbocycles. The first-order valence-corrected chi connectivity index (χ1v) is 6.11. The minimum Gasteiger partial charge on any atom is -0.348 e. The fraction of sp³-hybridized carbons (Fsp3) is 0.357. The van der Waals surface area contributed by atoms with Gasteiger partial charge in [-0.1, -0.05) is 0 Å². The van der Waals surface area contributed by atoms with Crippen molar-refractivity contribution in [3.63, 3.8) is 0 Å². The Hall–Kier alpha value is -2.39. The van der Waals surface area contributed by atoms with Crippen LogP contribution in [0.2, 0.25) is 0 Å². The Morgan fingerprint density at radius 2 is 1.75 bits per heavy atom. The van der Waals surface area contributed by atoms with Crippen molar-refractivity contribution in [2.75, 3.05) is 39.5 Å². The van der Waals surface area contributed by atoms with Gasteiger partial charge in [0.25, 0.3) is 0 Å². The summed E-state index contributed by atoms with van der Waals surface area (Å²) in [6.45, 7) is 0.313. The number of nitrogens with zero attached hydrogens (tertiary/aromatic N) is 3. The topological polar surface area (TPSA) is 76.4 Å². The van der Waals surface area contributed by atoms with E-state index in [1.54, 1.807) is 50.3 Å². The lowest BCUT2D eigenvalue weighted by molar-refractivity contribution is -0.130. The number of rotatable bonds is 5. The number of likely N-dealkylation sites (N-methyl/N-ethyl adjacent to an activating group) is 2. The zero-order valence-corrected chi connectivity index (χ0v) is 11.9. The van der Waals surface area contributed by atoms with Crippen molar-refractivity contribution in [1.82, 2.24) is 9.80 Å². The first-order chi connectivity index (χ1) is 9.42. The Kier molecular flexibility index (Phi) is 5.69. The maximum Gasteiger partial charge on any atom is 0.238 e. The molecule has 0 aliphatic rings. The SMILES string of the molecule is CN(CC(=O)Nc1ccc(C#N)cc1)CC(=O)N(C)C. The molecule has 0 saturated carbocycles. The van der Waals surface area contributed by atoms with Crippen LogP contribution < -0.4 is 5.32 Å². The van der Waals surface area contributed by atoms with Gasteiger partial charge in [0.2, 0.25) is 11.8 Å². The molecule has 0 atom stereocenters. The number of carbonyl (C=O) groups is 2. The van der Waals surface area contributed by atoms with Gasteiger partial charge in [-0.25, -0.2) is 0 Å². The molecule has 0 spiro atoms. The summed E-state index contributed by atoms with van der Waals surface area (Å²) in [5.41, 5.74) is 1.16. The number of anilines is 1. The Bertz CT molecular complexity index is 517. The number of nitrogens with one attached hydrogen (secondary N) is 1. The molecule has 20 heavy (non-hydrogen) atoms. The van der Waals surface area contributed by atoms with Crippen LogP contribution in [0.5, 0.6) is 0 Å².